The summed E-state index contributed by atoms with van der Waals surface area (Å²) in [6.07, 6.45) is 10.1. The molecule has 3 unspecified atom stereocenters. The van der Waals surface area contributed by atoms with E-state index in [0.29, 0.717) is 12.6 Å². The predicted octanol–water partition coefficient (Wildman–Crippen LogP) is 1.66. The van der Waals surface area contributed by atoms with Crippen LogP contribution in [0.1, 0.15) is 25.7 Å². The molecule has 3 rings (SSSR count). The summed E-state index contributed by atoms with van der Waals surface area (Å²) in [4.78, 5) is 2.53. The van der Waals surface area contributed by atoms with Crippen molar-refractivity contribution in [2.24, 2.45) is 17.8 Å². The monoisotopic (exact) mass is 207 g/mol. The van der Waals surface area contributed by atoms with E-state index >= 15 is 0 Å². The van der Waals surface area contributed by atoms with Crippen LogP contribution in [-0.2, 0) is 0 Å². The summed E-state index contributed by atoms with van der Waals surface area (Å²) < 4.78 is 0. The molecule has 84 valence electrons. The van der Waals surface area contributed by atoms with Crippen LogP contribution in [0.3, 0.4) is 0 Å². The third kappa shape index (κ3) is 1.74. The van der Waals surface area contributed by atoms with Gasteiger partial charge in [0.15, 0.2) is 0 Å². The van der Waals surface area contributed by atoms with E-state index in [4.69, 9.17) is 0 Å². The van der Waals surface area contributed by atoms with Gasteiger partial charge in [0.2, 0.25) is 0 Å². The second kappa shape index (κ2) is 3.91. The van der Waals surface area contributed by atoms with Crippen LogP contribution >= 0.6 is 0 Å². The molecule has 3 aliphatic rings. The quantitative estimate of drug-likeness (QED) is 0.711. The fraction of sp³-hybridized carbons (Fsp3) is 0.846. The number of aliphatic hydroxyl groups excluding tert-OH is 1. The van der Waals surface area contributed by atoms with Gasteiger partial charge in [0, 0.05) is 12.6 Å². The first-order valence-corrected chi connectivity index (χ1v) is 6.40. The number of allylic oxidation sites excluding steroid dienone is 2. The van der Waals surface area contributed by atoms with Gasteiger partial charge in [0.1, 0.15) is 0 Å². The van der Waals surface area contributed by atoms with Gasteiger partial charge in [0.05, 0.1) is 6.61 Å². The summed E-state index contributed by atoms with van der Waals surface area (Å²) in [5.41, 5.74) is 0. The summed E-state index contributed by atoms with van der Waals surface area (Å²) in [7, 11) is 0. The first-order chi connectivity index (χ1) is 7.36. The number of hydrogen-bond acceptors (Lipinski definition) is 2. The number of rotatable bonds is 3. The summed E-state index contributed by atoms with van der Waals surface area (Å²) >= 11 is 0. The van der Waals surface area contributed by atoms with E-state index < -0.39 is 0 Å². The lowest BCUT2D eigenvalue weighted by Gasteiger charge is -2.28. The zero-order chi connectivity index (χ0) is 10.3. The molecular formula is C13H21NO. The van der Waals surface area contributed by atoms with Crippen LogP contribution < -0.4 is 0 Å². The van der Waals surface area contributed by atoms with Crippen molar-refractivity contribution in [3.63, 3.8) is 0 Å². The van der Waals surface area contributed by atoms with E-state index in [1.54, 1.807) is 0 Å². The molecule has 2 fully saturated rings. The molecule has 1 saturated carbocycles. The fourth-order valence-electron chi connectivity index (χ4n) is 3.75. The summed E-state index contributed by atoms with van der Waals surface area (Å²) in [5, 5.41) is 9.29. The highest BCUT2D eigenvalue weighted by Gasteiger charge is 2.37. The molecule has 0 spiro atoms. The summed E-state index contributed by atoms with van der Waals surface area (Å²) in [5.74, 6) is 2.62. The second-order valence-corrected chi connectivity index (χ2v) is 5.51. The van der Waals surface area contributed by atoms with Crippen LogP contribution in [0.25, 0.3) is 0 Å². The fourth-order valence-corrected chi connectivity index (χ4v) is 3.75. The number of fused-ring (bicyclic) bond motifs is 2. The molecule has 0 aromatic carbocycles. The minimum atomic E-state index is 0.358. The molecule has 2 aliphatic carbocycles. The third-order valence-electron chi connectivity index (χ3n) is 4.60. The van der Waals surface area contributed by atoms with Crippen LogP contribution in [0.4, 0.5) is 0 Å². The molecule has 0 aromatic rings. The van der Waals surface area contributed by atoms with Gasteiger partial charge in [0.25, 0.3) is 0 Å². The third-order valence-corrected chi connectivity index (χ3v) is 4.60. The van der Waals surface area contributed by atoms with E-state index in [1.807, 2.05) is 0 Å². The Hall–Kier alpha value is -0.340. The lowest BCUT2D eigenvalue weighted by molar-refractivity contribution is 0.136. The van der Waals surface area contributed by atoms with Crippen LogP contribution in [0.15, 0.2) is 12.2 Å². The second-order valence-electron chi connectivity index (χ2n) is 5.51. The standard InChI is InChI=1S/C13H21NO/c15-9-13-2-1-5-14(13)8-12-7-10-3-4-11(12)6-10/h3-4,10-13,15H,1-2,5-9H2/t10?,11?,12?,13-/m0/s1. The lowest BCUT2D eigenvalue weighted by Crippen LogP contribution is -2.37. The molecule has 2 nitrogen and oxygen atoms in total. The summed E-state index contributed by atoms with van der Waals surface area (Å²) in [6, 6.07) is 0.466. The van der Waals surface area contributed by atoms with E-state index in [-0.39, 0.29) is 0 Å². The SMILES string of the molecule is OC[C@@H]1CCCN1CC1CC2C=CC1C2. The van der Waals surface area contributed by atoms with Gasteiger partial charge in [-0.2, -0.15) is 0 Å². The zero-order valence-electron chi connectivity index (χ0n) is 9.31. The summed E-state index contributed by atoms with van der Waals surface area (Å²) in [6.45, 7) is 2.80. The Morgan fingerprint density at radius 3 is 2.87 bits per heavy atom. The van der Waals surface area contributed by atoms with Crippen molar-refractivity contribution >= 4 is 0 Å². The van der Waals surface area contributed by atoms with Gasteiger partial charge >= 0.3 is 0 Å². The van der Waals surface area contributed by atoms with Crippen molar-refractivity contribution in [1.82, 2.24) is 4.90 Å². The van der Waals surface area contributed by atoms with Crippen LogP contribution in [0.5, 0.6) is 0 Å². The number of aliphatic hydroxyl groups is 1. The van der Waals surface area contributed by atoms with E-state index in [0.717, 1.165) is 17.8 Å². The Balaban J connectivity index is 1.59. The van der Waals surface area contributed by atoms with Crippen molar-refractivity contribution in [1.29, 1.82) is 0 Å². The van der Waals surface area contributed by atoms with Gasteiger partial charge in [-0.3, -0.25) is 4.90 Å². The van der Waals surface area contributed by atoms with Crippen LogP contribution in [0.2, 0.25) is 0 Å². The highest BCUT2D eigenvalue weighted by molar-refractivity contribution is 5.10. The van der Waals surface area contributed by atoms with Crippen molar-refractivity contribution in [3.05, 3.63) is 12.2 Å². The Morgan fingerprint density at radius 2 is 2.20 bits per heavy atom. The first-order valence-electron chi connectivity index (χ1n) is 6.40. The molecule has 0 aromatic heterocycles. The molecule has 1 N–H and O–H groups in total. The highest BCUT2D eigenvalue weighted by Crippen LogP contribution is 2.44. The van der Waals surface area contributed by atoms with Gasteiger partial charge < -0.3 is 5.11 Å². The van der Waals surface area contributed by atoms with Crippen LogP contribution in [-0.4, -0.2) is 35.7 Å². The maximum atomic E-state index is 9.29. The largest absolute Gasteiger partial charge is 0.395 e. The Morgan fingerprint density at radius 1 is 1.27 bits per heavy atom. The van der Waals surface area contributed by atoms with Crippen molar-refractivity contribution < 1.29 is 5.11 Å². The topological polar surface area (TPSA) is 23.5 Å². The zero-order valence-corrected chi connectivity index (χ0v) is 9.31. The first kappa shape index (κ1) is 9.86. The van der Waals surface area contributed by atoms with Crippen molar-refractivity contribution in [2.45, 2.75) is 31.7 Å². The molecule has 1 heterocycles. The molecule has 1 saturated heterocycles. The molecule has 4 atom stereocenters. The van der Waals surface area contributed by atoms with Crippen molar-refractivity contribution in [2.75, 3.05) is 19.7 Å². The number of likely N-dealkylation sites (tertiary alicyclic amines) is 1. The van der Waals surface area contributed by atoms with Gasteiger partial charge in [-0.15, -0.1) is 0 Å². The molecule has 1 aliphatic heterocycles. The molecule has 0 amide bonds. The molecule has 2 heteroatoms. The lowest BCUT2D eigenvalue weighted by atomic mass is 9.93. The van der Waals surface area contributed by atoms with E-state index in [1.165, 1.54) is 38.8 Å². The van der Waals surface area contributed by atoms with Gasteiger partial charge in [-0.25, -0.2) is 0 Å². The Labute approximate surface area is 92.0 Å². The average molecular weight is 207 g/mol. The van der Waals surface area contributed by atoms with Crippen molar-refractivity contribution in [3.8, 4) is 0 Å². The highest BCUT2D eigenvalue weighted by atomic mass is 16.3. The molecule has 15 heavy (non-hydrogen) atoms. The van der Waals surface area contributed by atoms with Gasteiger partial charge in [-0.1, -0.05) is 12.2 Å². The number of hydrogen-bond donors (Lipinski definition) is 1. The van der Waals surface area contributed by atoms with E-state index in [2.05, 4.69) is 17.1 Å². The minimum Gasteiger partial charge on any atom is -0.395 e. The predicted molar refractivity (Wildman–Crippen MR) is 60.5 cm³/mol. The Bertz CT molecular complexity index is 263. The molecule has 0 radical (unpaired) electrons. The minimum absolute atomic E-state index is 0.358. The molecule has 2 bridgehead atoms. The number of nitrogens with zero attached hydrogens (tertiary/aromatic N) is 1. The molecular weight excluding hydrogens is 186 g/mol. The normalized spacial score (nSPS) is 44.3. The average Bonchev–Trinajstić information content (AvgIpc) is 2.92. The van der Waals surface area contributed by atoms with E-state index in [9.17, 15) is 5.11 Å². The smallest absolute Gasteiger partial charge is 0.0586 e. The van der Waals surface area contributed by atoms with Crippen LogP contribution in [0, 0.1) is 17.8 Å². The maximum absolute atomic E-state index is 9.29. The Kier molecular flexibility index (Phi) is 2.57. The van der Waals surface area contributed by atoms with Gasteiger partial charge in [-0.05, 0) is 50.0 Å². The maximum Gasteiger partial charge on any atom is 0.0586 e.